The first kappa shape index (κ1) is 22.0. The summed E-state index contributed by atoms with van der Waals surface area (Å²) in [7, 11) is -2.48. The quantitative estimate of drug-likeness (QED) is 0.367. The molecule has 0 saturated carbocycles. The van der Waals surface area contributed by atoms with Crippen LogP contribution >= 0.6 is 0 Å². The SMILES string of the molecule is NO.O=C(O)CCC(C(=O)NO)S(=O)c1ccccc1C(F)(F)F. The molecular formula is C12H15F3N2O6S. The Morgan fingerprint density at radius 3 is 2.25 bits per heavy atom. The Bertz CT molecular complexity index is 596. The van der Waals surface area contributed by atoms with E-state index in [0.717, 1.165) is 12.1 Å². The molecule has 1 rings (SSSR count). The summed E-state index contributed by atoms with van der Waals surface area (Å²) in [6.07, 6.45) is -5.85. The number of hydrogen-bond acceptors (Lipinski definition) is 6. The van der Waals surface area contributed by atoms with Crippen LogP contribution in [0.15, 0.2) is 29.2 Å². The Hall–Kier alpha value is -2.02. The van der Waals surface area contributed by atoms with E-state index in [4.69, 9.17) is 15.5 Å². The molecule has 24 heavy (non-hydrogen) atoms. The van der Waals surface area contributed by atoms with Gasteiger partial charge in [-0.1, -0.05) is 12.1 Å². The first-order valence-electron chi connectivity index (χ1n) is 6.16. The summed E-state index contributed by atoms with van der Waals surface area (Å²) in [4.78, 5) is 21.4. The molecule has 8 nitrogen and oxygen atoms in total. The average Bonchev–Trinajstić information content (AvgIpc) is 2.55. The van der Waals surface area contributed by atoms with Crippen LogP contribution in [0.4, 0.5) is 13.2 Å². The van der Waals surface area contributed by atoms with Crippen molar-refractivity contribution in [2.45, 2.75) is 29.2 Å². The summed E-state index contributed by atoms with van der Waals surface area (Å²) in [5.74, 6) is 0.980. The molecule has 6 N–H and O–H groups in total. The minimum absolute atomic E-state index is 0.486. The van der Waals surface area contributed by atoms with Crippen molar-refractivity contribution < 1.29 is 42.5 Å². The van der Waals surface area contributed by atoms with E-state index in [1.807, 2.05) is 0 Å². The first-order valence-corrected chi connectivity index (χ1v) is 7.38. The molecule has 0 radical (unpaired) electrons. The van der Waals surface area contributed by atoms with Gasteiger partial charge in [-0.25, -0.2) is 11.4 Å². The van der Waals surface area contributed by atoms with Crippen molar-refractivity contribution >= 4 is 22.7 Å². The largest absolute Gasteiger partial charge is 0.481 e. The number of benzene rings is 1. The molecule has 1 aromatic carbocycles. The van der Waals surface area contributed by atoms with Gasteiger partial charge in [-0.15, -0.1) is 0 Å². The minimum atomic E-state index is -4.78. The van der Waals surface area contributed by atoms with Gasteiger partial charge in [0.05, 0.1) is 21.3 Å². The Morgan fingerprint density at radius 1 is 1.25 bits per heavy atom. The Balaban J connectivity index is 0.00000254. The number of nitrogens with one attached hydrogen (secondary N) is 1. The van der Waals surface area contributed by atoms with Gasteiger partial charge in [0.1, 0.15) is 5.25 Å². The zero-order valence-electron chi connectivity index (χ0n) is 12.0. The fourth-order valence-electron chi connectivity index (χ4n) is 1.69. The van der Waals surface area contributed by atoms with Gasteiger partial charge in [-0.05, 0) is 18.6 Å². The molecule has 2 unspecified atom stereocenters. The lowest BCUT2D eigenvalue weighted by Gasteiger charge is -2.17. The lowest BCUT2D eigenvalue weighted by Crippen LogP contribution is -2.36. The number of carboxylic acid groups (broad SMARTS) is 1. The van der Waals surface area contributed by atoms with Crippen LogP contribution < -0.4 is 11.4 Å². The van der Waals surface area contributed by atoms with Crippen molar-refractivity contribution in [1.29, 1.82) is 0 Å². The topological polar surface area (TPSA) is 150 Å². The number of alkyl halides is 3. The highest BCUT2D eigenvalue weighted by molar-refractivity contribution is 7.86. The maximum atomic E-state index is 12.9. The number of nitrogens with two attached hydrogens (primary N) is 1. The molecule has 0 heterocycles. The van der Waals surface area contributed by atoms with Crippen molar-refractivity contribution in [3.63, 3.8) is 0 Å². The molecule has 136 valence electrons. The maximum Gasteiger partial charge on any atom is 0.417 e. The number of hydroxylamine groups is 1. The summed E-state index contributed by atoms with van der Waals surface area (Å²) in [5.41, 5.74) is 0.0104. The third kappa shape index (κ3) is 6.23. The molecule has 0 spiro atoms. The van der Waals surface area contributed by atoms with Gasteiger partial charge in [0.15, 0.2) is 0 Å². The number of carboxylic acids is 1. The molecule has 1 aromatic rings. The van der Waals surface area contributed by atoms with Crippen LogP contribution in [-0.2, 0) is 26.6 Å². The van der Waals surface area contributed by atoms with E-state index in [1.54, 1.807) is 0 Å². The van der Waals surface area contributed by atoms with Gasteiger partial charge >= 0.3 is 12.1 Å². The molecular weight excluding hydrogens is 357 g/mol. The van der Waals surface area contributed by atoms with Gasteiger partial charge in [0, 0.05) is 6.42 Å². The predicted octanol–water partition coefficient (Wildman–Crippen LogP) is 0.886. The van der Waals surface area contributed by atoms with Crippen LogP contribution in [0.2, 0.25) is 0 Å². The van der Waals surface area contributed by atoms with E-state index in [2.05, 4.69) is 5.90 Å². The molecule has 0 aliphatic rings. The Labute approximate surface area is 136 Å². The number of aliphatic carboxylic acids is 1. The first-order chi connectivity index (χ1) is 11.2. The van der Waals surface area contributed by atoms with Crippen molar-refractivity contribution in [3.8, 4) is 0 Å². The van der Waals surface area contributed by atoms with Gasteiger partial charge in [0.25, 0.3) is 5.91 Å². The number of hydrogen-bond donors (Lipinski definition) is 5. The van der Waals surface area contributed by atoms with E-state index in [-0.39, 0.29) is 0 Å². The van der Waals surface area contributed by atoms with Crippen LogP contribution in [0, 0.1) is 0 Å². The zero-order chi connectivity index (χ0) is 18.9. The Kier molecular flexibility index (Phi) is 9.13. The molecule has 0 aliphatic heterocycles. The van der Waals surface area contributed by atoms with Crippen LogP contribution in [0.3, 0.4) is 0 Å². The van der Waals surface area contributed by atoms with E-state index in [1.165, 1.54) is 11.5 Å². The molecule has 0 saturated heterocycles. The van der Waals surface area contributed by atoms with Crippen molar-refractivity contribution in [3.05, 3.63) is 29.8 Å². The van der Waals surface area contributed by atoms with Crippen molar-refractivity contribution in [1.82, 2.24) is 5.48 Å². The maximum absolute atomic E-state index is 12.9. The third-order valence-electron chi connectivity index (χ3n) is 2.69. The zero-order valence-corrected chi connectivity index (χ0v) is 12.8. The number of halogens is 3. The van der Waals surface area contributed by atoms with E-state index < -0.39 is 57.4 Å². The van der Waals surface area contributed by atoms with Gasteiger partial charge < -0.3 is 10.3 Å². The highest BCUT2D eigenvalue weighted by atomic mass is 32.2. The summed E-state index contributed by atoms with van der Waals surface area (Å²) in [6.45, 7) is 0. The normalized spacial score (nSPS) is 13.2. The molecule has 0 aromatic heterocycles. The Morgan fingerprint density at radius 2 is 1.79 bits per heavy atom. The van der Waals surface area contributed by atoms with E-state index >= 15 is 0 Å². The second-order valence-corrected chi connectivity index (χ2v) is 5.79. The second-order valence-electron chi connectivity index (χ2n) is 4.19. The molecule has 0 aliphatic carbocycles. The van der Waals surface area contributed by atoms with E-state index in [0.29, 0.717) is 6.07 Å². The highest BCUT2D eigenvalue weighted by Gasteiger charge is 2.37. The molecule has 2 atom stereocenters. The van der Waals surface area contributed by atoms with Crippen LogP contribution in [0.5, 0.6) is 0 Å². The lowest BCUT2D eigenvalue weighted by molar-refractivity contribution is -0.140. The molecule has 0 bridgehead atoms. The monoisotopic (exact) mass is 372 g/mol. The minimum Gasteiger partial charge on any atom is -0.481 e. The number of rotatable bonds is 6. The second kappa shape index (κ2) is 9.97. The van der Waals surface area contributed by atoms with E-state index in [9.17, 15) is 27.0 Å². The fraction of sp³-hybridized carbons (Fsp3) is 0.333. The van der Waals surface area contributed by atoms with Crippen molar-refractivity contribution in [2.75, 3.05) is 0 Å². The molecule has 12 heteroatoms. The smallest absolute Gasteiger partial charge is 0.417 e. The number of carbonyl (C=O) groups is 2. The predicted molar refractivity (Wildman–Crippen MR) is 74.4 cm³/mol. The third-order valence-corrected chi connectivity index (χ3v) is 4.45. The number of carbonyl (C=O) groups excluding carboxylic acids is 1. The fourth-order valence-corrected chi connectivity index (χ4v) is 3.19. The van der Waals surface area contributed by atoms with Crippen LogP contribution in [0.1, 0.15) is 18.4 Å². The number of amides is 1. The standard InChI is InChI=1S/C12H12F3NO5S.H3NO/c13-12(14,15)7-3-1-2-4-8(7)22(21)9(11(19)16-20)5-6-10(17)18;1-2/h1-4,9,20H,5-6H2,(H,16,19)(H,17,18);2H,1H2. The molecule has 0 fully saturated rings. The lowest BCUT2D eigenvalue weighted by atomic mass is 10.2. The van der Waals surface area contributed by atoms with Crippen LogP contribution in [-0.4, -0.2) is 36.9 Å². The summed E-state index contributed by atoms with van der Waals surface area (Å²) in [5, 5.41) is 22.1. The highest BCUT2D eigenvalue weighted by Crippen LogP contribution is 2.34. The molecule has 1 amide bonds. The van der Waals surface area contributed by atoms with Crippen molar-refractivity contribution in [2.24, 2.45) is 5.90 Å². The summed E-state index contributed by atoms with van der Waals surface area (Å²) >= 11 is 0. The average molecular weight is 372 g/mol. The van der Waals surface area contributed by atoms with Gasteiger partial charge in [0.2, 0.25) is 0 Å². The summed E-state index contributed by atoms with van der Waals surface area (Å²) in [6, 6.07) is 3.96. The summed E-state index contributed by atoms with van der Waals surface area (Å²) < 4.78 is 50.9. The van der Waals surface area contributed by atoms with Gasteiger partial charge in [-0.2, -0.15) is 13.2 Å². The van der Waals surface area contributed by atoms with Gasteiger partial charge in [-0.3, -0.25) is 19.0 Å². The van der Waals surface area contributed by atoms with Crippen LogP contribution in [0.25, 0.3) is 0 Å².